The lowest BCUT2D eigenvalue weighted by Gasteiger charge is -2.21. The molecule has 0 aromatic rings. The van der Waals surface area contributed by atoms with Crippen LogP contribution in [0.1, 0.15) is 27.7 Å². The molecule has 0 saturated heterocycles. The summed E-state index contributed by atoms with van der Waals surface area (Å²) in [6.07, 6.45) is 0. The predicted molar refractivity (Wildman–Crippen MR) is 66.9 cm³/mol. The third-order valence-electron chi connectivity index (χ3n) is 2.58. The zero-order chi connectivity index (χ0) is 14.3. The van der Waals surface area contributed by atoms with Crippen molar-refractivity contribution in [1.29, 1.82) is 0 Å². The van der Waals surface area contributed by atoms with E-state index >= 15 is 0 Å². The Kier molecular flexibility index (Phi) is 6.70. The molecule has 6 nitrogen and oxygen atoms in total. The number of aliphatic carboxylic acids is 1. The average molecular weight is 256 g/mol. The fourth-order valence-electron chi connectivity index (χ4n) is 1.31. The fourth-order valence-corrected chi connectivity index (χ4v) is 1.31. The van der Waals surface area contributed by atoms with Crippen LogP contribution >= 0.6 is 0 Å². The van der Waals surface area contributed by atoms with Gasteiger partial charge in [-0.3, -0.25) is 9.59 Å². The van der Waals surface area contributed by atoms with Gasteiger partial charge in [-0.2, -0.15) is 0 Å². The number of rotatable bonds is 6. The molecule has 0 fully saturated rings. The van der Waals surface area contributed by atoms with Crippen molar-refractivity contribution in [1.82, 2.24) is 10.2 Å². The topological polar surface area (TPSA) is 86.7 Å². The number of carbonyl (C=O) groups excluding carboxylic acids is 2. The molecule has 0 heterocycles. The largest absolute Gasteiger partial charge is 0.478 e. The summed E-state index contributed by atoms with van der Waals surface area (Å²) in [6.45, 7) is 7.12. The van der Waals surface area contributed by atoms with Crippen LogP contribution < -0.4 is 5.32 Å². The van der Waals surface area contributed by atoms with E-state index in [1.54, 1.807) is 13.8 Å². The van der Waals surface area contributed by atoms with Gasteiger partial charge in [-0.05, 0) is 27.7 Å². The molecule has 0 rings (SSSR count). The third kappa shape index (κ3) is 4.57. The highest BCUT2D eigenvalue weighted by atomic mass is 16.4. The van der Waals surface area contributed by atoms with Crippen LogP contribution in [-0.2, 0) is 14.4 Å². The highest BCUT2D eigenvalue weighted by Crippen LogP contribution is 2.08. The molecule has 0 aromatic heterocycles. The van der Waals surface area contributed by atoms with Gasteiger partial charge < -0.3 is 15.3 Å². The predicted octanol–water partition coefficient (Wildman–Crippen LogP) is 0.392. The first-order valence-corrected chi connectivity index (χ1v) is 5.81. The maximum Gasteiger partial charge on any atom is 0.331 e. The van der Waals surface area contributed by atoms with E-state index in [2.05, 4.69) is 5.32 Å². The van der Waals surface area contributed by atoms with E-state index in [9.17, 15) is 14.4 Å². The maximum atomic E-state index is 12.0. The number of carbonyl (C=O) groups is 3. The Hall–Kier alpha value is -1.85. The summed E-state index contributed by atoms with van der Waals surface area (Å²) in [5.41, 5.74) is 0.142. The molecule has 0 aliphatic rings. The lowest BCUT2D eigenvalue weighted by molar-refractivity contribution is -0.134. The van der Waals surface area contributed by atoms with Crippen molar-refractivity contribution >= 4 is 17.8 Å². The number of likely N-dealkylation sites (N-methyl/N-ethyl adjacent to an activating group) is 2. The first-order chi connectivity index (χ1) is 8.34. The van der Waals surface area contributed by atoms with Gasteiger partial charge in [-0.1, -0.05) is 0 Å². The van der Waals surface area contributed by atoms with Gasteiger partial charge in [0.25, 0.3) is 0 Å². The van der Waals surface area contributed by atoms with E-state index in [0.29, 0.717) is 13.1 Å². The third-order valence-corrected chi connectivity index (χ3v) is 2.58. The number of amides is 2. The van der Waals surface area contributed by atoms with Crippen LogP contribution in [0.2, 0.25) is 0 Å². The maximum absolute atomic E-state index is 12.0. The van der Waals surface area contributed by atoms with Gasteiger partial charge in [0.15, 0.2) is 0 Å². The Bertz CT molecular complexity index is 374. The lowest BCUT2D eigenvalue weighted by atomic mass is 10.1. The second-order valence-corrected chi connectivity index (χ2v) is 3.83. The van der Waals surface area contributed by atoms with Crippen molar-refractivity contribution in [3.05, 3.63) is 11.1 Å². The van der Waals surface area contributed by atoms with Crippen molar-refractivity contribution in [2.24, 2.45) is 0 Å². The van der Waals surface area contributed by atoms with E-state index in [1.807, 2.05) is 0 Å². The summed E-state index contributed by atoms with van der Waals surface area (Å²) in [7, 11) is 0. The molecule has 6 heteroatoms. The normalized spacial score (nSPS) is 11.6. The van der Waals surface area contributed by atoms with E-state index in [4.69, 9.17) is 5.11 Å². The molecular formula is C12H20N2O4. The van der Waals surface area contributed by atoms with Gasteiger partial charge in [0.05, 0.1) is 6.54 Å². The van der Waals surface area contributed by atoms with Crippen LogP contribution in [0, 0.1) is 0 Å². The first kappa shape index (κ1) is 16.1. The second kappa shape index (κ2) is 7.47. The molecule has 0 radical (unpaired) electrons. The smallest absolute Gasteiger partial charge is 0.331 e. The van der Waals surface area contributed by atoms with Crippen LogP contribution in [0.15, 0.2) is 11.1 Å². The second-order valence-electron chi connectivity index (χ2n) is 3.83. The molecular weight excluding hydrogens is 236 g/mol. The average Bonchev–Trinajstić information content (AvgIpc) is 2.33. The molecule has 0 aliphatic heterocycles. The number of carboxylic acid groups (broad SMARTS) is 1. The van der Waals surface area contributed by atoms with Crippen molar-refractivity contribution in [3.8, 4) is 0 Å². The number of carboxylic acids is 1. The zero-order valence-electron chi connectivity index (χ0n) is 11.2. The van der Waals surface area contributed by atoms with Crippen molar-refractivity contribution in [2.75, 3.05) is 19.6 Å². The number of hydrogen-bond donors (Lipinski definition) is 2. The Morgan fingerprint density at radius 2 is 1.67 bits per heavy atom. The molecule has 0 spiro atoms. The highest BCUT2D eigenvalue weighted by molar-refractivity contribution is 6.02. The Balaban J connectivity index is 4.87. The van der Waals surface area contributed by atoms with Crippen LogP contribution in [0.5, 0.6) is 0 Å². The van der Waals surface area contributed by atoms with E-state index < -0.39 is 11.9 Å². The zero-order valence-corrected chi connectivity index (χ0v) is 11.2. The number of hydrogen-bond acceptors (Lipinski definition) is 3. The van der Waals surface area contributed by atoms with E-state index in [1.165, 1.54) is 18.7 Å². The minimum absolute atomic E-state index is 0.00523. The SMILES string of the molecule is CCNC(=O)CN(CC)C(=O)C(C)=C(C)C(=O)O. The highest BCUT2D eigenvalue weighted by Gasteiger charge is 2.20. The summed E-state index contributed by atoms with van der Waals surface area (Å²) >= 11 is 0. The van der Waals surface area contributed by atoms with Crippen LogP contribution in [0.3, 0.4) is 0 Å². The lowest BCUT2D eigenvalue weighted by Crippen LogP contribution is -2.41. The summed E-state index contributed by atoms with van der Waals surface area (Å²) in [5.74, 6) is -1.81. The summed E-state index contributed by atoms with van der Waals surface area (Å²) in [4.78, 5) is 35.5. The number of nitrogens with one attached hydrogen (secondary N) is 1. The molecule has 0 aromatic carbocycles. The van der Waals surface area contributed by atoms with Gasteiger partial charge >= 0.3 is 5.97 Å². The minimum Gasteiger partial charge on any atom is -0.478 e. The van der Waals surface area contributed by atoms with Gasteiger partial charge in [0.1, 0.15) is 0 Å². The first-order valence-electron chi connectivity index (χ1n) is 5.81. The Labute approximate surface area is 107 Å². The molecule has 0 bridgehead atoms. The molecule has 0 unspecified atom stereocenters. The summed E-state index contributed by atoms with van der Waals surface area (Å²) < 4.78 is 0. The van der Waals surface area contributed by atoms with Crippen molar-refractivity contribution in [2.45, 2.75) is 27.7 Å². The van der Waals surface area contributed by atoms with E-state index in [-0.39, 0.29) is 23.6 Å². The van der Waals surface area contributed by atoms with Gasteiger partial charge in [-0.15, -0.1) is 0 Å². The minimum atomic E-state index is -1.13. The monoisotopic (exact) mass is 256 g/mol. The fraction of sp³-hybridized carbons (Fsp3) is 0.583. The summed E-state index contributed by atoms with van der Waals surface area (Å²) in [5, 5.41) is 11.4. The van der Waals surface area contributed by atoms with Gasteiger partial charge in [0.2, 0.25) is 11.8 Å². The molecule has 0 atom stereocenters. The summed E-state index contributed by atoms with van der Waals surface area (Å²) in [6, 6.07) is 0. The molecule has 2 N–H and O–H groups in total. The van der Waals surface area contributed by atoms with Crippen LogP contribution in [0.25, 0.3) is 0 Å². The Morgan fingerprint density at radius 1 is 1.11 bits per heavy atom. The van der Waals surface area contributed by atoms with Crippen molar-refractivity contribution < 1.29 is 19.5 Å². The number of nitrogens with zero attached hydrogens (tertiary/aromatic N) is 1. The van der Waals surface area contributed by atoms with E-state index in [0.717, 1.165) is 0 Å². The van der Waals surface area contributed by atoms with Crippen LogP contribution in [-0.4, -0.2) is 47.4 Å². The quantitative estimate of drug-likeness (QED) is 0.673. The standard InChI is InChI=1S/C12H20N2O4/c1-5-13-10(15)7-14(6-2)11(16)8(3)9(4)12(17)18/h5-7H2,1-4H3,(H,13,15)(H,17,18). The molecule has 2 amide bonds. The molecule has 18 heavy (non-hydrogen) atoms. The van der Waals surface area contributed by atoms with Gasteiger partial charge in [0, 0.05) is 24.2 Å². The van der Waals surface area contributed by atoms with Crippen LogP contribution in [0.4, 0.5) is 0 Å². The Morgan fingerprint density at radius 3 is 2.06 bits per heavy atom. The molecule has 102 valence electrons. The van der Waals surface area contributed by atoms with Crippen molar-refractivity contribution in [3.63, 3.8) is 0 Å². The van der Waals surface area contributed by atoms with Gasteiger partial charge in [-0.25, -0.2) is 4.79 Å². The molecule has 0 aliphatic carbocycles. The molecule has 0 saturated carbocycles.